The molecule has 1 aromatic heterocycles. The maximum absolute atomic E-state index is 11.6. The van der Waals surface area contributed by atoms with E-state index in [1.54, 1.807) is 13.2 Å². The highest BCUT2D eigenvalue weighted by molar-refractivity contribution is 7.16. The van der Waals surface area contributed by atoms with Crippen LogP contribution in [-0.2, 0) is 17.7 Å². The summed E-state index contributed by atoms with van der Waals surface area (Å²) in [6, 6.07) is 11.7. The lowest BCUT2D eigenvalue weighted by atomic mass is 10.1. The number of rotatable bonds is 12. The van der Waals surface area contributed by atoms with Crippen LogP contribution in [0.25, 0.3) is 10.2 Å². The number of aromatic hydroxyl groups is 1. The molecule has 1 heterocycles. The van der Waals surface area contributed by atoms with Crippen molar-refractivity contribution in [3.05, 3.63) is 62.8 Å². The molecular weight excluding hydrogens is 414 g/mol. The summed E-state index contributed by atoms with van der Waals surface area (Å²) in [5.74, 6) is 0.0140. The number of aromatic amines is 1. The van der Waals surface area contributed by atoms with E-state index in [4.69, 9.17) is 4.74 Å². The summed E-state index contributed by atoms with van der Waals surface area (Å²) in [5.41, 5.74) is 3.52. The van der Waals surface area contributed by atoms with Crippen molar-refractivity contribution >= 4 is 21.6 Å². The largest absolute Gasteiger partial charge is 0.506 e. The number of hydrogen-bond donors (Lipinski definition) is 4. The van der Waals surface area contributed by atoms with Crippen LogP contribution in [0.2, 0.25) is 0 Å². The maximum Gasteiger partial charge on any atom is 0.305 e. The monoisotopic (exact) mass is 445 g/mol. The van der Waals surface area contributed by atoms with Crippen LogP contribution in [0.3, 0.4) is 0 Å². The normalized spacial score (nSPS) is 12.6. The van der Waals surface area contributed by atoms with Gasteiger partial charge in [0.05, 0.1) is 17.5 Å². The number of phenolic OH excluding ortho intramolecular Hbond substituents is 1. The molecule has 0 aliphatic carbocycles. The Morgan fingerprint density at radius 1 is 1.26 bits per heavy atom. The number of fused-ring (bicyclic) bond motifs is 1. The van der Waals surface area contributed by atoms with Crippen molar-refractivity contribution in [3.8, 4) is 5.75 Å². The zero-order chi connectivity index (χ0) is 22.2. The summed E-state index contributed by atoms with van der Waals surface area (Å²) in [7, 11) is 1.72. The minimum Gasteiger partial charge on any atom is -0.506 e. The average Bonchev–Trinajstić information content (AvgIpc) is 3.14. The number of aromatic nitrogens is 1. The Balaban J connectivity index is 1.53. The number of hydrogen-bond acceptors (Lipinski definition) is 7. The molecule has 3 rings (SSSR count). The lowest BCUT2D eigenvalue weighted by molar-refractivity contribution is 0.0579. The van der Waals surface area contributed by atoms with Crippen molar-refractivity contribution in [2.45, 2.75) is 32.4 Å². The van der Waals surface area contributed by atoms with E-state index in [0.29, 0.717) is 29.1 Å². The molecule has 2 aromatic carbocycles. The van der Waals surface area contributed by atoms with Crippen LogP contribution < -0.4 is 10.2 Å². The van der Waals surface area contributed by atoms with Gasteiger partial charge in [-0.2, -0.15) is 0 Å². The SMILES string of the molecule is CCCN(COC)Cc1cccc(CCNCC(O)c2ccc(O)c3[nH]c(=O)sc23)c1. The lowest BCUT2D eigenvalue weighted by Crippen LogP contribution is -2.26. The zero-order valence-electron chi connectivity index (χ0n) is 18.1. The Kier molecular flexibility index (Phi) is 8.62. The van der Waals surface area contributed by atoms with Crippen molar-refractivity contribution < 1.29 is 14.9 Å². The molecule has 0 saturated carbocycles. The predicted octanol–water partition coefficient (Wildman–Crippen LogP) is 2.98. The van der Waals surface area contributed by atoms with E-state index in [9.17, 15) is 15.0 Å². The quantitative estimate of drug-likeness (QED) is 0.253. The van der Waals surface area contributed by atoms with E-state index in [2.05, 4.69) is 46.4 Å². The first kappa shape index (κ1) is 23.4. The summed E-state index contributed by atoms with van der Waals surface area (Å²) in [4.78, 5) is 16.3. The fraction of sp³-hybridized carbons (Fsp3) is 0.435. The Bertz CT molecular complexity index is 1030. The maximum atomic E-state index is 11.6. The lowest BCUT2D eigenvalue weighted by Gasteiger charge is -2.21. The van der Waals surface area contributed by atoms with Gasteiger partial charge in [0, 0.05) is 32.3 Å². The standard InChI is InChI=1S/C23H31N3O4S/c1-3-11-26(15-30-2)14-17-6-4-5-16(12-17)9-10-24-13-20(28)18-7-8-19(27)21-22(18)31-23(29)25-21/h4-8,12,20,24,27-28H,3,9-11,13-15H2,1-2H3,(H,25,29). The Morgan fingerprint density at radius 3 is 2.84 bits per heavy atom. The number of nitrogens with one attached hydrogen (secondary N) is 2. The van der Waals surface area contributed by atoms with Crippen molar-refractivity contribution in [1.29, 1.82) is 0 Å². The van der Waals surface area contributed by atoms with Crippen molar-refractivity contribution in [3.63, 3.8) is 0 Å². The molecule has 0 fully saturated rings. The summed E-state index contributed by atoms with van der Waals surface area (Å²) in [6.45, 7) is 5.73. The predicted molar refractivity (Wildman–Crippen MR) is 125 cm³/mol. The number of ether oxygens (including phenoxy) is 1. The molecule has 4 N–H and O–H groups in total. The Labute approximate surface area is 186 Å². The first-order valence-corrected chi connectivity index (χ1v) is 11.4. The summed E-state index contributed by atoms with van der Waals surface area (Å²) < 4.78 is 5.89. The number of nitrogens with zero attached hydrogens (tertiary/aromatic N) is 1. The third-order valence-corrected chi connectivity index (χ3v) is 6.06. The van der Waals surface area contributed by atoms with E-state index in [-0.39, 0.29) is 10.6 Å². The minimum absolute atomic E-state index is 0.0140. The van der Waals surface area contributed by atoms with Crippen molar-refractivity contribution in [2.24, 2.45) is 0 Å². The summed E-state index contributed by atoms with van der Waals surface area (Å²) in [6.07, 6.45) is 1.17. The molecule has 1 atom stereocenters. The van der Waals surface area contributed by atoms with Crippen LogP contribution in [0, 0.1) is 0 Å². The van der Waals surface area contributed by atoms with Gasteiger partial charge >= 0.3 is 4.87 Å². The van der Waals surface area contributed by atoms with Crippen LogP contribution in [-0.4, -0.2) is 53.6 Å². The average molecular weight is 446 g/mol. The van der Waals surface area contributed by atoms with Gasteiger partial charge in [0.1, 0.15) is 11.3 Å². The van der Waals surface area contributed by atoms with E-state index in [1.165, 1.54) is 17.2 Å². The van der Waals surface area contributed by atoms with Crippen molar-refractivity contribution in [2.75, 3.05) is 33.5 Å². The van der Waals surface area contributed by atoms with Gasteiger partial charge in [0.2, 0.25) is 0 Å². The van der Waals surface area contributed by atoms with Gasteiger partial charge < -0.3 is 25.3 Å². The van der Waals surface area contributed by atoms with Crippen LogP contribution >= 0.6 is 11.3 Å². The number of benzene rings is 2. The van der Waals surface area contributed by atoms with Gasteiger partial charge in [0.15, 0.2) is 0 Å². The number of H-pyrrole nitrogens is 1. The molecule has 0 saturated heterocycles. The molecule has 0 amide bonds. The first-order valence-electron chi connectivity index (χ1n) is 10.5. The molecular formula is C23H31N3O4S. The van der Waals surface area contributed by atoms with E-state index < -0.39 is 6.10 Å². The third kappa shape index (κ3) is 6.38. The summed E-state index contributed by atoms with van der Waals surface area (Å²) >= 11 is 0.999. The minimum atomic E-state index is -0.766. The molecule has 0 bridgehead atoms. The molecule has 0 aliphatic rings. The van der Waals surface area contributed by atoms with E-state index >= 15 is 0 Å². The third-order valence-electron chi connectivity index (χ3n) is 5.12. The van der Waals surface area contributed by atoms with Crippen LogP contribution in [0.1, 0.15) is 36.1 Å². The fourth-order valence-electron chi connectivity index (χ4n) is 3.71. The highest BCUT2D eigenvalue weighted by Crippen LogP contribution is 2.31. The molecule has 7 nitrogen and oxygen atoms in total. The number of thiazole rings is 1. The van der Waals surface area contributed by atoms with Gasteiger partial charge in [-0.3, -0.25) is 9.69 Å². The number of aliphatic hydroxyl groups is 1. The molecule has 0 aliphatic heterocycles. The highest BCUT2D eigenvalue weighted by Gasteiger charge is 2.16. The van der Waals surface area contributed by atoms with Crippen LogP contribution in [0.5, 0.6) is 5.75 Å². The van der Waals surface area contributed by atoms with Crippen LogP contribution in [0.4, 0.5) is 0 Å². The molecule has 31 heavy (non-hydrogen) atoms. The van der Waals surface area contributed by atoms with E-state index in [0.717, 1.165) is 43.8 Å². The van der Waals surface area contributed by atoms with Gasteiger partial charge in [-0.05, 0) is 36.6 Å². The Morgan fingerprint density at radius 2 is 2.06 bits per heavy atom. The molecule has 3 aromatic rings. The van der Waals surface area contributed by atoms with Gasteiger partial charge in [-0.1, -0.05) is 48.6 Å². The number of aliphatic hydroxyl groups excluding tert-OH is 1. The fourth-order valence-corrected chi connectivity index (χ4v) is 4.63. The Hall–Kier alpha value is -2.23. The highest BCUT2D eigenvalue weighted by atomic mass is 32.1. The first-order chi connectivity index (χ1) is 15.0. The molecule has 1 unspecified atom stereocenters. The van der Waals surface area contributed by atoms with E-state index in [1.807, 2.05) is 0 Å². The molecule has 8 heteroatoms. The second-order valence-corrected chi connectivity index (χ2v) is 8.64. The zero-order valence-corrected chi connectivity index (χ0v) is 18.9. The van der Waals surface area contributed by atoms with Crippen LogP contribution in [0.15, 0.2) is 41.2 Å². The van der Waals surface area contributed by atoms with Gasteiger partial charge in [-0.15, -0.1) is 0 Å². The summed E-state index contributed by atoms with van der Waals surface area (Å²) in [5, 5.41) is 23.8. The molecule has 168 valence electrons. The topological polar surface area (TPSA) is 97.8 Å². The number of phenols is 1. The van der Waals surface area contributed by atoms with Crippen molar-refractivity contribution in [1.82, 2.24) is 15.2 Å². The van der Waals surface area contributed by atoms with Gasteiger partial charge in [0.25, 0.3) is 0 Å². The smallest absolute Gasteiger partial charge is 0.305 e. The molecule has 0 spiro atoms. The second-order valence-electron chi connectivity index (χ2n) is 7.65. The van der Waals surface area contributed by atoms with Gasteiger partial charge in [-0.25, -0.2) is 0 Å². The number of methoxy groups -OCH3 is 1. The molecule has 0 radical (unpaired) electrons. The second kappa shape index (κ2) is 11.4.